The van der Waals surface area contributed by atoms with Crippen LogP contribution in [0, 0.1) is 6.92 Å². The van der Waals surface area contributed by atoms with Crippen molar-refractivity contribution in [3.63, 3.8) is 0 Å². The molecular formula is C14H14N4O3. The normalized spacial score (nSPS) is 14.0. The van der Waals surface area contributed by atoms with Gasteiger partial charge in [-0.1, -0.05) is 6.07 Å². The summed E-state index contributed by atoms with van der Waals surface area (Å²) < 4.78 is 0. The molecule has 3 rings (SSSR count). The van der Waals surface area contributed by atoms with Gasteiger partial charge in [-0.25, -0.2) is 9.78 Å². The van der Waals surface area contributed by atoms with E-state index in [0.717, 1.165) is 24.2 Å². The number of anilines is 1. The number of aromatic amines is 1. The molecule has 21 heavy (non-hydrogen) atoms. The molecule has 0 saturated heterocycles. The maximum Gasteiger partial charge on any atom is 0.335 e. The molecule has 1 saturated carbocycles. The largest absolute Gasteiger partial charge is 0.478 e. The van der Waals surface area contributed by atoms with Gasteiger partial charge in [-0.05, 0) is 37.5 Å². The zero-order chi connectivity index (χ0) is 15.0. The Morgan fingerprint density at radius 3 is 2.81 bits per heavy atom. The maximum atomic E-state index is 12.1. The Balaban J connectivity index is 1.79. The van der Waals surface area contributed by atoms with Crippen molar-refractivity contribution in [2.75, 3.05) is 5.32 Å². The van der Waals surface area contributed by atoms with Crippen molar-refractivity contribution < 1.29 is 14.7 Å². The van der Waals surface area contributed by atoms with E-state index in [0.29, 0.717) is 11.6 Å². The number of aryl methyl sites for hydroxylation is 1. The third-order valence-electron chi connectivity index (χ3n) is 3.40. The van der Waals surface area contributed by atoms with Crippen LogP contribution in [-0.4, -0.2) is 32.2 Å². The number of carbonyl (C=O) groups is 2. The number of aromatic nitrogens is 3. The summed E-state index contributed by atoms with van der Waals surface area (Å²) in [7, 11) is 0. The third-order valence-corrected chi connectivity index (χ3v) is 3.40. The molecule has 1 aromatic carbocycles. The molecule has 1 fully saturated rings. The van der Waals surface area contributed by atoms with Gasteiger partial charge in [0.15, 0.2) is 0 Å². The van der Waals surface area contributed by atoms with Crippen LogP contribution in [0.2, 0.25) is 0 Å². The summed E-state index contributed by atoms with van der Waals surface area (Å²) in [4.78, 5) is 27.2. The van der Waals surface area contributed by atoms with Crippen LogP contribution in [0.15, 0.2) is 18.2 Å². The molecule has 0 unspecified atom stereocenters. The van der Waals surface area contributed by atoms with Gasteiger partial charge in [-0.2, -0.15) is 0 Å². The zero-order valence-electron chi connectivity index (χ0n) is 11.4. The molecule has 0 aliphatic heterocycles. The second-order valence-corrected chi connectivity index (χ2v) is 5.11. The van der Waals surface area contributed by atoms with E-state index in [1.54, 1.807) is 13.0 Å². The minimum atomic E-state index is -1.04. The molecule has 2 aromatic rings. The smallest absolute Gasteiger partial charge is 0.335 e. The first-order valence-electron chi connectivity index (χ1n) is 6.62. The lowest BCUT2D eigenvalue weighted by molar-refractivity contribution is 0.0696. The highest BCUT2D eigenvalue weighted by Crippen LogP contribution is 2.37. The fourth-order valence-corrected chi connectivity index (χ4v) is 1.98. The molecule has 7 nitrogen and oxygen atoms in total. The van der Waals surface area contributed by atoms with Gasteiger partial charge in [0.25, 0.3) is 5.91 Å². The second kappa shape index (κ2) is 5.01. The molecule has 1 amide bonds. The number of carboxylic acid groups (broad SMARTS) is 1. The molecule has 1 aromatic heterocycles. The van der Waals surface area contributed by atoms with Gasteiger partial charge in [0.05, 0.1) is 5.56 Å². The summed E-state index contributed by atoms with van der Waals surface area (Å²) in [5.74, 6) is -0.312. The third kappa shape index (κ3) is 2.76. The highest BCUT2D eigenvalue weighted by molar-refractivity contribution is 6.02. The Labute approximate surface area is 120 Å². The molecule has 0 radical (unpaired) electrons. The van der Waals surface area contributed by atoms with Crippen LogP contribution in [0.4, 0.5) is 5.69 Å². The Hall–Kier alpha value is -2.70. The van der Waals surface area contributed by atoms with E-state index in [1.165, 1.54) is 12.1 Å². The number of rotatable bonds is 4. The van der Waals surface area contributed by atoms with Crippen LogP contribution in [0.3, 0.4) is 0 Å². The summed E-state index contributed by atoms with van der Waals surface area (Å²) in [5.41, 5.74) is 1.33. The number of carboxylic acids is 1. The Morgan fingerprint density at radius 1 is 1.38 bits per heavy atom. The lowest BCUT2D eigenvalue weighted by Crippen LogP contribution is -2.15. The van der Waals surface area contributed by atoms with Crippen LogP contribution < -0.4 is 5.32 Å². The Kier molecular flexibility index (Phi) is 3.17. The fraction of sp³-hybridized carbons (Fsp3) is 0.286. The summed E-state index contributed by atoms with van der Waals surface area (Å²) >= 11 is 0. The van der Waals surface area contributed by atoms with Gasteiger partial charge in [-0.15, -0.1) is 5.10 Å². The van der Waals surface area contributed by atoms with Crippen LogP contribution in [-0.2, 0) is 0 Å². The van der Waals surface area contributed by atoms with Gasteiger partial charge in [0.1, 0.15) is 5.82 Å². The number of nitrogens with one attached hydrogen (secondary N) is 2. The Morgan fingerprint density at radius 2 is 2.14 bits per heavy atom. The van der Waals surface area contributed by atoms with Crippen LogP contribution in [0.25, 0.3) is 0 Å². The lowest BCUT2D eigenvalue weighted by Gasteiger charge is -2.07. The van der Waals surface area contributed by atoms with Crippen LogP contribution >= 0.6 is 0 Å². The summed E-state index contributed by atoms with van der Waals surface area (Å²) in [6, 6.07) is 4.56. The molecule has 1 heterocycles. The topological polar surface area (TPSA) is 108 Å². The van der Waals surface area contributed by atoms with E-state index >= 15 is 0 Å². The first-order valence-corrected chi connectivity index (χ1v) is 6.62. The number of H-pyrrole nitrogens is 1. The van der Waals surface area contributed by atoms with Crippen LogP contribution in [0.5, 0.6) is 0 Å². The lowest BCUT2D eigenvalue weighted by atomic mass is 10.1. The predicted molar refractivity (Wildman–Crippen MR) is 74.4 cm³/mol. The second-order valence-electron chi connectivity index (χ2n) is 5.11. The number of amides is 1. The molecule has 3 N–H and O–H groups in total. The number of nitrogens with zero attached hydrogens (tertiary/aromatic N) is 2. The summed E-state index contributed by atoms with van der Waals surface area (Å²) in [5, 5.41) is 18.3. The monoisotopic (exact) mass is 286 g/mol. The fourth-order valence-electron chi connectivity index (χ4n) is 1.98. The van der Waals surface area contributed by atoms with Gasteiger partial charge >= 0.3 is 5.97 Å². The predicted octanol–water partition coefficient (Wildman–Crippen LogP) is 1.94. The van der Waals surface area contributed by atoms with Gasteiger partial charge < -0.3 is 10.4 Å². The molecule has 0 spiro atoms. The first kappa shape index (κ1) is 13.3. The van der Waals surface area contributed by atoms with E-state index in [9.17, 15) is 9.59 Å². The SMILES string of the molecule is Cc1ccc(C(=O)O)cc1NC(=O)c1n[nH]c(C2CC2)n1. The number of hydrogen-bond donors (Lipinski definition) is 3. The quantitative estimate of drug-likeness (QED) is 0.796. The van der Waals surface area contributed by atoms with Gasteiger partial charge in [-0.3, -0.25) is 9.89 Å². The molecule has 0 bridgehead atoms. The summed E-state index contributed by atoms with van der Waals surface area (Å²) in [6.45, 7) is 1.79. The van der Waals surface area contributed by atoms with E-state index in [-0.39, 0.29) is 11.4 Å². The number of carbonyl (C=O) groups excluding carboxylic acids is 1. The minimum Gasteiger partial charge on any atom is -0.478 e. The van der Waals surface area contributed by atoms with Crippen molar-refractivity contribution in [2.24, 2.45) is 0 Å². The average Bonchev–Trinajstić information content (AvgIpc) is 3.18. The van der Waals surface area contributed by atoms with Crippen molar-refractivity contribution in [2.45, 2.75) is 25.7 Å². The van der Waals surface area contributed by atoms with E-state index in [2.05, 4.69) is 20.5 Å². The standard InChI is InChI=1S/C14H14N4O3/c1-7-2-3-9(14(20)21)6-10(7)15-13(19)12-16-11(17-18-12)8-4-5-8/h2-3,6,8H,4-5H2,1H3,(H,15,19)(H,20,21)(H,16,17,18). The molecule has 0 atom stereocenters. The van der Waals surface area contributed by atoms with Crippen molar-refractivity contribution in [1.29, 1.82) is 0 Å². The van der Waals surface area contributed by atoms with Crippen molar-refractivity contribution in [3.05, 3.63) is 41.0 Å². The average molecular weight is 286 g/mol. The summed E-state index contributed by atoms with van der Waals surface area (Å²) in [6.07, 6.45) is 2.13. The van der Waals surface area contributed by atoms with Crippen molar-refractivity contribution >= 4 is 17.6 Å². The van der Waals surface area contributed by atoms with Crippen LogP contribution in [0.1, 0.15) is 51.1 Å². The van der Waals surface area contributed by atoms with E-state index < -0.39 is 11.9 Å². The highest BCUT2D eigenvalue weighted by Gasteiger charge is 2.28. The molecule has 108 valence electrons. The number of aromatic carboxylic acids is 1. The van der Waals surface area contributed by atoms with Gasteiger partial charge in [0.2, 0.25) is 5.82 Å². The maximum absolute atomic E-state index is 12.1. The van der Waals surface area contributed by atoms with Gasteiger partial charge in [0, 0.05) is 11.6 Å². The van der Waals surface area contributed by atoms with Crippen molar-refractivity contribution in [1.82, 2.24) is 15.2 Å². The minimum absolute atomic E-state index is 0.0667. The molecule has 1 aliphatic rings. The molecule has 7 heteroatoms. The Bertz CT molecular complexity index is 719. The first-order chi connectivity index (χ1) is 10.0. The molecule has 1 aliphatic carbocycles. The number of hydrogen-bond acceptors (Lipinski definition) is 4. The van der Waals surface area contributed by atoms with E-state index in [4.69, 9.17) is 5.11 Å². The van der Waals surface area contributed by atoms with Crippen molar-refractivity contribution in [3.8, 4) is 0 Å². The zero-order valence-corrected chi connectivity index (χ0v) is 11.4. The highest BCUT2D eigenvalue weighted by atomic mass is 16.4. The molecular weight excluding hydrogens is 272 g/mol. The van der Waals surface area contributed by atoms with E-state index in [1.807, 2.05) is 0 Å². The number of benzene rings is 1.